The van der Waals surface area contributed by atoms with Gasteiger partial charge in [-0.1, -0.05) is 6.08 Å². The van der Waals surface area contributed by atoms with Crippen LogP contribution in [0.5, 0.6) is 5.88 Å². The molecule has 1 aromatic heterocycles. The zero-order valence-corrected chi connectivity index (χ0v) is 10.5. The molecule has 7 nitrogen and oxygen atoms in total. The highest BCUT2D eigenvalue weighted by Gasteiger charge is 2.20. The molecule has 0 radical (unpaired) electrons. The summed E-state index contributed by atoms with van der Waals surface area (Å²) in [5.74, 6) is -1.42. The number of carbonyl (C=O) groups excluding carboxylic acids is 1. The first-order valence-electron chi connectivity index (χ1n) is 5.60. The van der Waals surface area contributed by atoms with E-state index < -0.39 is 17.9 Å². The molecule has 0 saturated heterocycles. The van der Waals surface area contributed by atoms with Gasteiger partial charge in [0.15, 0.2) is 5.69 Å². The molecule has 1 heterocycles. The van der Waals surface area contributed by atoms with Gasteiger partial charge < -0.3 is 15.2 Å². The van der Waals surface area contributed by atoms with E-state index in [4.69, 9.17) is 9.84 Å². The number of ether oxygens (including phenoxy) is 1. The number of carbonyl (C=O) groups is 2. The minimum atomic E-state index is -1.10. The molecular weight excluding hydrogens is 250 g/mol. The van der Waals surface area contributed by atoms with Crippen molar-refractivity contribution in [2.45, 2.75) is 18.9 Å². The van der Waals surface area contributed by atoms with Crippen molar-refractivity contribution in [3.05, 3.63) is 30.5 Å². The lowest BCUT2D eigenvalue weighted by atomic mass is 10.1. The second-order valence-corrected chi connectivity index (χ2v) is 3.69. The van der Waals surface area contributed by atoms with E-state index in [1.54, 1.807) is 6.08 Å². The fraction of sp³-hybridized carbons (Fsp3) is 0.333. The van der Waals surface area contributed by atoms with Gasteiger partial charge in [-0.3, -0.25) is 4.79 Å². The molecule has 0 spiro atoms. The summed E-state index contributed by atoms with van der Waals surface area (Å²) >= 11 is 0. The third kappa shape index (κ3) is 4.38. The summed E-state index contributed by atoms with van der Waals surface area (Å²) in [7, 11) is 1.43. The Hall–Kier alpha value is -2.44. The number of hydrogen-bond donors (Lipinski definition) is 2. The number of aromatic nitrogens is 2. The zero-order chi connectivity index (χ0) is 14.3. The molecule has 0 aliphatic heterocycles. The molecule has 0 aliphatic rings. The van der Waals surface area contributed by atoms with Crippen LogP contribution in [0.15, 0.2) is 24.8 Å². The Morgan fingerprint density at radius 3 is 2.74 bits per heavy atom. The molecule has 1 amide bonds. The standard InChI is InChI=1S/C12H15N3O4/c1-3-4-5-9(12(17)18)13-11(16)8-6-7-10(19-2)15-14-8/h3,6-7,9H,1,4-5H2,2H3,(H,13,16)(H,17,18). The molecule has 102 valence electrons. The molecule has 1 unspecified atom stereocenters. The van der Waals surface area contributed by atoms with Crippen LogP contribution < -0.4 is 10.1 Å². The summed E-state index contributed by atoms with van der Waals surface area (Å²) in [6.07, 6.45) is 2.36. The summed E-state index contributed by atoms with van der Waals surface area (Å²) in [6, 6.07) is 1.91. The van der Waals surface area contributed by atoms with Crippen molar-refractivity contribution in [1.29, 1.82) is 0 Å². The Labute approximate surface area is 110 Å². The molecule has 0 aromatic carbocycles. The Kier molecular flexibility index (Phi) is 5.46. The van der Waals surface area contributed by atoms with Crippen molar-refractivity contribution in [3.8, 4) is 5.88 Å². The average molecular weight is 265 g/mol. The van der Waals surface area contributed by atoms with E-state index in [1.165, 1.54) is 19.2 Å². The molecule has 7 heteroatoms. The lowest BCUT2D eigenvalue weighted by Crippen LogP contribution is -2.41. The Morgan fingerprint density at radius 1 is 1.53 bits per heavy atom. The lowest BCUT2D eigenvalue weighted by Gasteiger charge is -2.12. The maximum absolute atomic E-state index is 11.8. The quantitative estimate of drug-likeness (QED) is 0.701. The fourth-order valence-corrected chi connectivity index (χ4v) is 1.32. The van der Waals surface area contributed by atoms with E-state index in [0.29, 0.717) is 6.42 Å². The van der Waals surface area contributed by atoms with E-state index in [-0.39, 0.29) is 18.0 Å². The van der Waals surface area contributed by atoms with E-state index in [1.807, 2.05) is 0 Å². The molecule has 0 aliphatic carbocycles. The summed E-state index contributed by atoms with van der Waals surface area (Å²) in [5.41, 5.74) is 0.0330. The molecular formula is C12H15N3O4. The van der Waals surface area contributed by atoms with Gasteiger partial charge in [0.2, 0.25) is 5.88 Å². The number of carboxylic acid groups (broad SMARTS) is 1. The van der Waals surface area contributed by atoms with Crippen molar-refractivity contribution < 1.29 is 19.4 Å². The number of hydrogen-bond acceptors (Lipinski definition) is 5. The van der Waals surface area contributed by atoms with Gasteiger partial charge in [0.25, 0.3) is 5.91 Å². The maximum Gasteiger partial charge on any atom is 0.326 e. The maximum atomic E-state index is 11.8. The van der Waals surface area contributed by atoms with Gasteiger partial charge in [-0.15, -0.1) is 16.8 Å². The van der Waals surface area contributed by atoms with Gasteiger partial charge in [0, 0.05) is 6.07 Å². The van der Waals surface area contributed by atoms with Gasteiger partial charge in [0.1, 0.15) is 6.04 Å². The highest BCUT2D eigenvalue weighted by Crippen LogP contribution is 2.05. The largest absolute Gasteiger partial charge is 0.480 e. The summed E-state index contributed by atoms with van der Waals surface area (Å²) in [6.45, 7) is 3.51. The minimum absolute atomic E-state index is 0.0330. The van der Waals surface area contributed by atoms with Crippen LogP contribution in [0.25, 0.3) is 0 Å². The van der Waals surface area contributed by atoms with Crippen LogP contribution in [0.2, 0.25) is 0 Å². The van der Waals surface area contributed by atoms with Gasteiger partial charge in [-0.2, -0.15) is 0 Å². The predicted molar refractivity (Wildman–Crippen MR) is 66.9 cm³/mol. The van der Waals surface area contributed by atoms with E-state index in [2.05, 4.69) is 22.1 Å². The van der Waals surface area contributed by atoms with Crippen LogP contribution in [0.1, 0.15) is 23.3 Å². The topological polar surface area (TPSA) is 101 Å². The molecule has 1 aromatic rings. The number of methoxy groups -OCH3 is 1. The van der Waals surface area contributed by atoms with Gasteiger partial charge in [-0.05, 0) is 18.9 Å². The number of carboxylic acids is 1. The van der Waals surface area contributed by atoms with E-state index >= 15 is 0 Å². The van der Waals surface area contributed by atoms with Crippen LogP contribution in [0.3, 0.4) is 0 Å². The predicted octanol–water partition coefficient (Wildman–Crippen LogP) is 0.634. The molecule has 19 heavy (non-hydrogen) atoms. The van der Waals surface area contributed by atoms with Crippen molar-refractivity contribution in [2.24, 2.45) is 0 Å². The summed E-state index contributed by atoms with van der Waals surface area (Å²) in [5, 5.41) is 18.6. The first-order valence-corrected chi connectivity index (χ1v) is 5.60. The second-order valence-electron chi connectivity index (χ2n) is 3.69. The Balaban J connectivity index is 2.69. The SMILES string of the molecule is C=CCCC(NC(=O)c1ccc(OC)nn1)C(=O)O. The summed E-state index contributed by atoms with van der Waals surface area (Å²) in [4.78, 5) is 22.7. The van der Waals surface area contributed by atoms with Crippen LogP contribution in [-0.2, 0) is 4.79 Å². The van der Waals surface area contributed by atoms with Crippen LogP contribution in [-0.4, -0.2) is 40.3 Å². The first kappa shape index (κ1) is 14.6. The molecule has 0 saturated carbocycles. The highest BCUT2D eigenvalue weighted by molar-refractivity contribution is 5.94. The molecule has 1 atom stereocenters. The number of aliphatic carboxylic acids is 1. The van der Waals surface area contributed by atoms with Crippen molar-refractivity contribution in [2.75, 3.05) is 7.11 Å². The van der Waals surface area contributed by atoms with Gasteiger partial charge in [0.05, 0.1) is 7.11 Å². The smallest absolute Gasteiger partial charge is 0.326 e. The number of nitrogens with zero attached hydrogens (tertiary/aromatic N) is 2. The normalized spacial score (nSPS) is 11.4. The van der Waals surface area contributed by atoms with E-state index in [9.17, 15) is 9.59 Å². The number of nitrogens with one attached hydrogen (secondary N) is 1. The third-order valence-electron chi connectivity index (χ3n) is 2.34. The Bertz CT molecular complexity index is 459. The summed E-state index contributed by atoms with van der Waals surface area (Å²) < 4.78 is 4.81. The van der Waals surface area contributed by atoms with Crippen molar-refractivity contribution >= 4 is 11.9 Å². The van der Waals surface area contributed by atoms with Crippen molar-refractivity contribution in [3.63, 3.8) is 0 Å². The molecule has 0 bridgehead atoms. The van der Waals surface area contributed by atoms with Gasteiger partial charge >= 0.3 is 5.97 Å². The van der Waals surface area contributed by atoms with E-state index in [0.717, 1.165) is 0 Å². The van der Waals surface area contributed by atoms with Crippen LogP contribution in [0.4, 0.5) is 0 Å². The number of rotatable bonds is 7. The zero-order valence-electron chi connectivity index (χ0n) is 10.5. The highest BCUT2D eigenvalue weighted by atomic mass is 16.5. The first-order chi connectivity index (χ1) is 9.08. The minimum Gasteiger partial charge on any atom is -0.480 e. The van der Waals surface area contributed by atoms with Crippen molar-refractivity contribution in [1.82, 2.24) is 15.5 Å². The van der Waals surface area contributed by atoms with Crippen LogP contribution >= 0.6 is 0 Å². The monoisotopic (exact) mass is 265 g/mol. The van der Waals surface area contributed by atoms with Gasteiger partial charge in [-0.25, -0.2) is 4.79 Å². The molecule has 2 N–H and O–H groups in total. The Morgan fingerprint density at radius 2 is 2.26 bits per heavy atom. The molecule has 1 rings (SSSR count). The fourth-order valence-electron chi connectivity index (χ4n) is 1.32. The molecule has 0 fully saturated rings. The second kappa shape index (κ2) is 7.10. The third-order valence-corrected chi connectivity index (χ3v) is 2.34. The number of allylic oxidation sites excluding steroid dienone is 1. The average Bonchev–Trinajstić information content (AvgIpc) is 2.43. The van der Waals surface area contributed by atoms with Crippen LogP contribution in [0, 0.1) is 0 Å². The number of amides is 1. The lowest BCUT2D eigenvalue weighted by molar-refractivity contribution is -0.139.